The van der Waals surface area contributed by atoms with Crippen molar-refractivity contribution in [3.8, 4) is 0 Å². The second-order valence-electron chi connectivity index (χ2n) is 7.72. The van der Waals surface area contributed by atoms with Crippen molar-refractivity contribution in [3.63, 3.8) is 0 Å². The van der Waals surface area contributed by atoms with Gasteiger partial charge in [0.25, 0.3) is 5.91 Å². The largest absolute Gasteiger partial charge is 0.376 e. The number of halogens is 1. The fourth-order valence-corrected chi connectivity index (χ4v) is 3.84. The first-order chi connectivity index (χ1) is 14.7. The molecule has 2 aliphatic heterocycles. The molecule has 1 amide bonds. The van der Waals surface area contributed by atoms with Crippen molar-refractivity contribution < 1.29 is 18.7 Å². The number of piperidine rings is 1. The number of carbonyl (C=O) groups is 1. The SMILES string of the molecule is CN=C(NCCNC(=O)c1ccccc1F)N1CCC(OCC2CCCCO2)CC1. The number of carbonyl (C=O) groups excluding carboxylic acids is 1. The normalized spacial score (nSPS) is 20.8. The summed E-state index contributed by atoms with van der Waals surface area (Å²) >= 11 is 0. The molecule has 1 aromatic rings. The molecule has 0 radical (unpaired) electrons. The monoisotopic (exact) mass is 420 g/mol. The van der Waals surface area contributed by atoms with Crippen LogP contribution in [0, 0.1) is 5.82 Å². The van der Waals surface area contributed by atoms with Crippen LogP contribution < -0.4 is 10.6 Å². The third kappa shape index (κ3) is 6.67. The fourth-order valence-electron chi connectivity index (χ4n) is 3.84. The van der Waals surface area contributed by atoms with Crippen LogP contribution in [0.5, 0.6) is 0 Å². The van der Waals surface area contributed by atoms with Gasteiger partial charge in [-0.3, -0.25) is 9.79 Å². The molecule has 1 atom stereocenters. The van der Waals surface area contributed by atoms with Crippen molar-refractivity contribution in [2.45, 2.75) is 44.3 Å². The lowest BCUT2D eigenvalue weighted by Gasteiger charge is -2.35. The lowest BCUT2D eigenvalue weighted by atomic mass is 10.1. The molecular formula is C22H33FN4O3. The molecule has 0 saturated carbocycles. The Kier molecular flexibility index (Phi) is 8.89. The van der Waals surface area contributed by atoms with Gasteiger partial charge in [0.1, 0.15) is 5.82 Å². The van der Waals surface area contributed by atoms with E-state index in [1.165, 1.54) is 18.6 Å². The minimum atomic E-state index is -0.515. The van der Waals surface area contributed by atoms with E-state index in [1.54, 1.807) is 19.2 Å². The summed E-state index contributed by atoms with van der Waals surface area (Å²) in [7, 11) is 1.75. The molecule has 7 nitrogen and oxygen atoms in total. The highest BCUT2D eigenvalue weighted by molar-refractivity contribution is 5.94. The van der Waals surface area contributed by atoms with Crippen molar-refractivity contribution in [3.05, 3.63) is 35.6 Å². The van der Waals surface area contributed by atoms with Gasteiger partial charge in [-0.25, -0.2) is 4.39 Å². The van der Waals surface area contributed by atoms with Gasteiger partial charge in [0.15, 0.2) is 5.96 Å². The van der Waals surface area contributed by atoms with Gasteiger partial charge >= 0.3 is 0 Å². The average molecular weight is 421 g/mol. The molecule has 0 aliphatic carbocycles. The lowest BCUT2D eigenvalue weighted by Crippen LogP contribution is -2.48. The van der Waals surface area contributed by atoms with E-state index >= 15 is 0 Å². The van der Waals surface area contributed by atoms with E-state index in [2.05, 4.69) is 20.5 Å². The zero-order valence-corrected chi connectivity index (χ0v) is 17.7. The maximum absolute atomic E-state index is 13.6. The van der Waals surface area contributed by atoms with Crippen LogP contribution in [-0.4, -0.2) is 75.4 Å². The number of rotatable bonds is 7. The topological polar surface area (TPSA) is 75.2 Å². The first-order valence-electron chi connectivity index (χ1n) is 10.9. The van der Waals surface area contributed by atoms with Gasteiger partial charge in [-0.2, -0.15) is 0 Å². The van der Waals surface area contributed by atoms with Crippen LogP contribution in [0.2, 0.25) is 0 Å². The standard InChI is InChI=1S/C22H33FN4O3/c1-24-22(26-12-11-25-21(28)19-7-2-3-8-20(19)23)27-13-9-17(10-14-27)30-16-18-6-4-5-15-29-18/h2-3,7-8,17-18H,4-6,9-16H2,1H3,(H,24,26)(H,25,28). The molecule has 1 unspecified atom stereocenters. The second-order valence-corrected chi connectivity index (χ2v) is 7.72. The van der Waals surface area contributed by atoms with Gasteiger partial charge in [0.2, 0.25) is 0 Å². The summed E-state index contributed by atoms with van der Waals surface area (Å²) in [6.45, 7) is 4.19. The number of nitrogens with zero attached hydrogens (tertiary/aromatic N) is 2. The molecule has 0 bridgehead atoms. The van der Waals surface area contributed by atoms with E-state index in [0.29, 0.717) is 19.7 Å². The van der Waals surface area contributed by atoms with E-state index in [1.807, 2.05) is 0 Å². The highest BCUT2D eigenvalue weighted by atomic mass is 19.1. The number of hydrogen-bond donors (Lipinski definition) is 2. The van der Waals surface area contributed by atoms with E-state index in [9.17, 15) is 9.18 Å². The number of likely N-dealkylation sites (tertiary alicyclic amines) is 1. The van der Waals surface area contributed by atoms with E-state index in [-0.39, 0.29) is 17.8 Å². The van der Waals surface area contributed by atoms with Crippen LogP contribution in [0.15, 0.2) is 29.3 Å². The van der Waals surface area contributed by atoms with Crippen LogP contribution in [-0.2, 0) is 9.47 Å². The predicted molar refractivity (Wildman–Crippen MR) is 114 cm³/mol. The summed E-state index contributed by atoms with van der Waals surface area (Å²) in [5.74, 6) is -0.118. The molecule has 2 fully saturated rings. The number of amides is 1. The Morgan fingerprint density at radius 3 is 2.67 bits per heavy atom. The third-order valence-electron chi connectivity index (χ3n) is 5.56. The predicted octanol–water partition coefficient (Wildman–Crippen LogP) is 2.18. The van der Waals surface area contributed by atoms with Gasteiger partial charge in [0, 0.05) is 39.8 Å². The van der Waals surface area contributed by atoms with Crippen molar-refractivity contribution in [2.24, 2.45) is 4.99 Å². The average Bonchev–Trinajstić information content (AvgIpc) is 2.79. The number of guanidine groups is 1. The molecule has 1 aromatic carbocycles. The Bertz CT molecular complexity index is 701. The van der Waals surface area contributed by atoms with Gasteiger partial charge in [-0.15, -0.1) is 0 Å². The Balaban J connectivity index is 1.32. The number of aliphatic imine (C=N–C) groups is 1. The molecule has 30 heavy (non-hydrogen) atoms. The minimum Gasteiger partial charge on any atom is -0.376 e. The maximum atomic E-state index is 13.6. The summed E-state index contributed by atoms with van der Waals surface area (Å²) < 4.78 is 25.5. The third-order valence-corrected chi connectivity index (χ3v) is 5.56. The molecule has 3 rings (SSSR count). The van der Waals surface area contributed by atoms with Gasteiger partial charge in [0.05, 0.1) is 24.4 Å². The minimum absolute atomic E-state index is 0.0579. The quantitative estimate of drug-likeness (QED) is 0.402. The zero-order valence-electron chi connectivity index (χ0n) is 17.7. The second kappa shape index (κ2) is 11.9. The first-order valence-corrected chi connectivity index (χ1v) is 10.9. The summed E-state index contributed by atoms with van der Waals surface area (Å²) in [5.41, 5.74) is 0.0579. The van der Waals surface area contributed by atoms with Crippen LogP contribution in [0.4, 0.5) is 4.39 Å². The molecule has 2 heterocycles. The molecule has 8 heteroatoms. The summed E-state index contributed by atoms with van der Waals surface area (Å²) in [4.78, 5) is 18.6. The van der Waals surface area contributed by atoms with Crippen LogP contribution in [0.1, 0.15) is 42.5 Å². The first kappa shape index (κ1) is 22.5. The molecule has 2 aliphatic rings. The smallest absolute Gasteiger partial charge is 0.254 e. The van der Waals surface area contributed by atoms with Gasteiger partial charge in [-0.1, -0.05) is 12.1 Å². The van der Waals surface area contributed by atoms with Crippen molar-refractivity contribution in [1.82, 2.24) is 15.5 Å². The van der Waals surface area contributed by atoms with Crippen molar-refractivity contribution in [2.75, 3.05) is 46.4 Å². The Hall–Kier alpha value is -2.19. The summed E-state index contributed by atoms with van der Waals surface area (Å²) in [6.07, 6.45) is 5.93. The number of benzene rings is 1. The van der Waals surface area contributed by atoms with E-state index < -0.39 is 11.7 Å². The Labute approximate surface area is 178 Å². The highest BCUT2D eigenvalue weighted by Gasteiger charge is 2.23. The Morgan fingerprint density at radius 2 is 1.97 bits per heavy atom. The van der Waals surface area contributed by atoms with Crippen LogP contribution >= 0.6 is 0 Å². The number of hydrogen-bond acceptors (Lipinski definition) is 4. The molecule has 0 spiro atoms. The van der Waals surface area contributed by atoms with Crippen LogP contribution in [0.3, 0.4) is 0 Å². The molecule has 2 N–H and O–H groups in total. The molecule has 2 saturated heterocycles. The molecular weight excluding hydrogens is 387 g/mol. The zero-order chi connectivity index (χ0) is 21.2. The van der Waals surface area contributed by atoms with E-state index in [4.69, 9.17) is 9.47 Å². The maximum Gasteiger partial charge on any atom is 0.254 e. The highest BCUT2D eigenvalue weighted by Crippen LogP contribution is 2.18. The molecule has 166 valence electrons. The van der Waals surface area contributed by atoms with Crippen molar-refractivity contribution in [1.29, 1.82) is 0 Å². The number of nitrogens with one attached hydrogen (secondary N) is 2. The summed E-state index contributed by atoms with van der Waals surface area (Å²) in [5, 5.41) is 6.00. The van der Waals surface area contributed by atoms with Gasteiger partial charge < -0.3 is 25.0 Å². The van der Waals surface area contributed by atoms with Crippen molar-refractivity contribution >= 4 is 11.9 Å². The molecule has 0 aromatic heterocycles. The lowest BCUT2D eigenvalue weighted by molar-refractivity contribution is -0.0721. The summed E-state index contributed by atoms with van der Waals surface area (Å²) in [6, 6.07) is 5.97. The Morgan fingerprint density at radius 1 is 1.20 bits per heavy atom. The number of ether oxygens (including phenoxy) is 2. The van der Waals surface area contributed by atoms with E-state index in [0.717, 1.165) is 51.3 Å². The van der Waals surface area contributed by atoms with Gasteiger partial charge in [-0.05, 0) is 44.2 Å². The fraction of sp³-hybridized carbons (Fsp3) is 0.636. The van der Waals surface area contributed by atoms with Crippen LogP contribution in [0.25, 0.3) is 0 Å².